The Kier molecular flexibility index (Phi) is 6.10. The fourth-order valence-electron chi connectivity index (χ4n) is 2.65. The summed E-state index contributed by atoms with van der Waals surface area (Å²) in [6, 6.07) is 7.39. The van der Waals surface area contributed by atoms with Crippen LogP contribution in [0.4, 0.5) is 0 Å². The van der Waals surface area contributed by atoms with E-state index in [2.05, 4.69) is 5.32 Å². The SMILES string of the molecule is CCOC(=O)C1CCN(C(=S)NC(=O)c2ccccc2C)CC1. The number of carbonyl (C=O) groups excluding carboxylic acids is 2. The lowest BCUT2D eigenvalue weighted by atomic mass is 9.97. The van der Waals surface area contributed by atoms with Gasteiger partial charge < -0.3 is 9.64 Å². The van der Waals surface area contributed by atoms with Gasteiger partial charge in [-0.3, -0.25) is 14.9 Å². The molecule has 124 valence electrons. The van der Waals surface area contributed by atoms with Crippen LogP contribution in [0.5, 0.6) is 0 Å². The highest BCUT2D eigenvalue weighted by molar-refractivity contribution is 7.80. The summed E-state index contributed by atoms with van der Waals surface area (Å²) in [5.74, 6) is -0.399. The molecule has 0 saturated carbocycles. The Labute approximate surface area is 142 Å². The number of hydrogen-bond donors (Lipinski definition) is 1. The summed E-state index contributed by atoms with van der Waals surface area (Å²) in [5, 5.41) is 3.20. The quantitative estimate of drug-likeness (QED) is 0.679. The van der Waals surface area contributed by atoms with Crippen LogP contribution in [0.3, 0.4) is 0 Å². The molecule has 1 amide bonds. The third-order valence-corrected chi connectivity index (χ3v) is 4.37. The van der Waals surface area contributed by atoms with Crippen molar-refractivity contribution in [2.24, 2.45) is 5.92 Å². The van der Waals surface area contributed by atoms with Crippen LogP contribution >= 0.6 is 12.2 Å². The predicted octanol–water partition coefficient (Wildman–Crippen LogP) is 2.28. The molecule has 1 fully saturated rings. The van der Waals surface area contributed by atoms with E-state index >= 15 is 0 Å². The lowest BCUT2D eigenvalue weighted by Gasteiger charge is -2.32. The summed E-state index contributed by atoms with van der Waals surface area (Å²) in [6.45, 7) is 5.41. The normalized spacial score (nSPS) is 15.1. The van der Waals surface area contributed by atoms with E-state index in [0.717, 1.165) is 5.56 Å². The first-order valence-corrected chi connectivity index (χ1v) is 8.26. The summed E-state index contributed by atoms with van der Waals surface area (Å²) in [5.41, 5.74) is 1.53. The van der Waals surface area contributed by atoms with E-state index in [1.54, 1.807) is 6.07 Å². The van der Waals surface area contributed by atoms with Gasteiger partial charge in [0.05, 0.1) is 12.5 Å². The van der Waals surface area contributed by atoms with Crippen molar-refractivity contribution in [3.05, 3.63) is 35.4 Å². The van der Waals surface area contributed by atoms with Crippen LogP contribution < -0.4 is 5.32 Å². The highest BCUT2D eigenvalue weighted by Crippen LogP contribution is 2.19. The maximum atomic E-state index is 12.3. The molecule has 0 unspecified atom stereocenters. The number of likely N-dealkylation sites (tertiary alicyclic amines) is 1. The topological polar surface area (TPSA) is 58.6 Å². The number of aryl methyl sites for hydroxylation is 1. The van der Waals surface area contributed by atoms with Crippen LogP contribution in [-0.4, -0.2) is 41.6 Å². The number of nitrogens with zero attached hydrogens (tertiary/aromatic N) is 1. The Bertz CT molecular complexity index is 595. The van der Waals surface area contributed by atoms with Crippen molar-refractivity contribution in [1.29, 1.82) is 0 Å². The van der Waals surface area contributed by atoms with Gasteiger partial charge in [-0.2, -0.15) is 0 Å². The average Bonchev–Trinajstić information content (AvgIpc) is 2.55. The van der Waals surface area contributed by atoms with E-state index in [4.69, 9.17) is 17.0 Å². The molecular weight excluding hydrogens is 312 g/mol. The number of amides is 1. The van der Waals surface area contributed by atoms with Crippen LogP contribution in [0.1, 0.15) is 35.7 Å². The minimum atomic E-state index is -0.194. The second-order valence-electron chi connectivity index (χ2n) is 5.59. The zero-order chi connectivity index (χ0) is 16.8. The van der Waals surface area contributed by atoms with Gasteiger partial charge in [0.2, 0.25) is 0 Å². The van der Waals surface area contributed by atoms with Gasteiger partial charge in [-0.05, 0) is 50.5 Å². The van der Waals surface area contributed by atoms with Crippen LogP contribution in [0.25, 0.3) is 0 Å². The van der Waals surface area contributed by atoms with Crippen LogP contribution in [0.15, 0.2) is 24.3 Å². The molecule has 0 radical (unpaired) electrons. The van der Waals surface area contributed by atoms with E-state index in [1.165, 1.54) is 0 Å². The number of rotatable bonds is 3. The van der Waals surface area contributed by atoms with E-state index in [9.17, 15) is 9.59 Å². The first kappa shape index (κ1) is 17.4. The minimum Gasteiger partial charge on any atom is -0.466 e. The molecule has 0 aromatic heterocycles. The number of nitrogens with one attached hydrogen (secondary N) is 1. The molecule has 6 heteroatoms. The van der Waals surface area contributed by atoms with E-state index < -0.39 is 0 Å². The summed E-state index contributed by atoms with van der Waals surface area (Å²) in [7, 11) is 0. The molecule has 0 aliphatic carbocycles. The Morgan fingerprint density at radius 3 is 2.57 bits per heavy atom. The van der Waals surface area contributed by atoms with E-state index in [1.807, 2.05) is 36.9 Å². The van der Waals surface area contributed by atoms with E-state index in [0.29, 0.717) is 43.2 Å². The largest absolute Gasteiger partial charge is 0.466 e. The molecule has 5 nitrogen and oxygen atoms in total. The van der Waals surface area contributed by atoms with Crippen molar-refractivity contribution >= 4 is 29.2 Å². The lowest BCUT2D eigenvalue weighted by Crippen LogP contribution is -2.47. The fraction of sp³-hybridized carbons (Fsp3) is 0.471. The average molecular weight is 334 g/mol. The Hall–Kier alpha value is -1.95. The maximum absolute atomic E-state index is 12.3. The van der Waals surface area contributed by atoms with Crippen molar-refractivity contribution < 1.29 is 14.3 Å². The third-order valence-electron chi connectivity index (χ3n) is 4.01. The number of carbonyl (C=O) groups is 2. The molecule has 0 bridgehead atoms. The first-order valence-electron chi connectivity index (χ1n) is 7.85. The summed E-state index contributed by atoms with van der Waals surface area (Å²) < 4.78 is 5.05. The number of piperidine rings is 1. The molecule has 1 aliphatic rings. The van der Waals surface area contributed by atoms with Crippen LogP contribution in [-0.2, 0) is 9.53 Å². The Balaban J connectivity index is 1.87. The van der Waals surface area contributed by atoms with Crippen molar-refractivity contribution in [3.8, 4) is 0 Å². The molecular formula is C17H22N2O3S. The van der Waals surface area contributed by atoms with Gasteiger partial charge in [0, 0.05) is 18.7 Å². The second kappa shape index (κ2) is 8.06. The lowest BCUT2D eigenvalue weighted by molar-refractivity contribution is -0.149. The summed E-state index contributed by atoms with van der Waals surface area (Å²) in [6.07, 6.45) is 1.39. The Morgan fingerprint density at radius 2 is 1.96 bits per heavy atom. The standard InChI is InChI=1S/C17H22N2O3S/c1-3-22-16(21)13-8-10-19(11-9-13)17(23)18-15(20)14-7-5-4-6-12(14)2/h4-7,13H,3,8-11H2,1-2H3,(H,18,20,23). The zero-order valence-corrected chi connectivity index (χ0v) is 14.3. The molecule has 2 rings (SSSR count). The number of thiocarbonyl (C=S) groups is 1. The van der Waals surface area contributed by atoms with E-state index in [-0.39, 0.29) is 17.8 Å². The molecule has 0 atom stereocenters. The monoisotopic (exact) mass is 334 g/mol. The highest BCUT2D eigenvalue weighted by atomic mass is 32.1. The summed E-state index contributed by atoms with van der Waals surface area (Å²) >= 11 is 5.33. The summed E-state index contributed by atoms with van der Waals surface area (Å²) in [4.78, 5) is 25.9. The third kappa shape index (κ3) is 4.51. The molecule has 1 aromatic carbocycles. The van der Waals surface area contributed by atoms with Gasteiger partial charge in [-0.1, -0.05) is 18.2 Å². The number of hydrogen-bond acceptors (Lipinski definition) is 4. The Morgan fingerprint density at radius 1 is 1.30 bits per heavy atom. The smallest absolute Gasteiger partial charge is 0.309 e. The molecule has 1 heterocycles. The van der Waals surface area contributed by atoms with Gasteiger partial charge in [0.25, 0.3) is 5.91 Å². The molecule has 1 saturated heterocycles. The van der Waals surface area contributed by atoms with Gasteiger partial charge >= 0.3 is 5.97 Å². The highest BCUT2D eigenvalue weighted by Gasteiger charge is 2.27. The van der Waals surface area contributed by atoms with Crippen LogP contribution in [0, 0.1) is 12.8 Å². The number of esters is 1. The molecule has 23 heavy (non-hydrogen) atoms. The van der Waals surface area contributed by atoms with Crippen LogP contribution in [0.2, 0.25) is 0 Å². The van der Waals surface area contributed by atoms with Gasteiger partial charge in [0.1, 0.15) is 0 Å². The fourth-order valence-corrected chi connectivity index (χ4v) is 2.92. The predicted molar refractivity (Wildman–Crippen MR) is 92.2 cm³/mol. The van der Waals surface area contributed by atoms with Crippen molar-refractivity contribution in [3.63, 3.8) is 0 Å². The zero-order valence-electron chi connectivity index (χ0n) is 13.5. The maximum Gasteiger partial charge on any atom is 0.309 e. The van der Waals surface area contributed by atoms with Crippen molar-refractivity contribution in [2.75, 3.05) is 19.7 Å². The number of benzene rings is 1. The van der Waals surface area contributed by atoms with Gasteiger partial charge in [-0.15, -0.1) is 0 Å². The molecule has 1 aliphatic heterocycles. The van der Waals surface area contributed by atoms with Gasteiger partial charge in [-0.25, -0.2) is 0 Å². The molecule has 1 aromatic rings. The van der Waals surface area contributed by atoms with Gasteiger partial charge in [0.15, 0.2) is 5.11 Å². The molecule has 0 spiro atoms. The van der Waals surface area contributed by atoms with Crippen molar-refractivity contribution in [2.45, 2.75) is 26.7 Å². The second-order valence-corrected chi connectivity index (χ2v) is 5.97. The number of ether oxygens (including phenoxy) is 1. The molecule has 1 N–H and O–H groups in total. The first-order chi connectivity index (χ1) is 11.0. The minimum absolute atomic E-state index is 0.0685. The van der Waals surface area contributed by atoms with Crippen molar-refractivity contribution in [1.82, 2.24) is 10.2 Å².